The first kappa shape index (κ1) is 22.0. The minimum absolute atomic E-state index is 0.130. The van der Waals surface area contributed by atoms with Crippen molar-refractivity contribution in [3.63, 3.8) is 0 Å². The molecular formula is C19H20F3N3O4S. The fraction of sp³-hybridized carbons (Fsp3) is 0.421. The van der Waals surface area contributed by atoms with Crippen LogP contribution >= 0.6 is 0 Å². The van der Waals surface area contributed by atoms with Gasteiger partial charge in [0, 0.05) is 35.1 Å². The van der Waals surface area contributed by atoms with Gasteiger partial charge in [-0.25, -0.2) is 0 Å². The van der Waals surface area contributed by atoms with E-state index in [1.54, 1.807) is 38.3 Å². The summed E-state index contributed by atoms with van der Waals surface area (Å²) in [6, 6.07) is 5.09. The van der Waals surface area contributed by atoms with Gasteiger partial charge in [-0.15, -0.1) is 0 Å². The van der Waals surface area contributed by atoms with Crippen molar-refractivity contribution in [1.82, 2.24) is 15.3 Å². The molecule has 0 saturated heterocycles. The molecule has 0 aliphatic rings. The van der Waals surface area contributed by atoms with Crippen LogP contribution in [0.4, 0.5) is 13.2 Å². The van der Waals surface area contributed by atoms with Crippen LogP contribution in [-0.4, -0.2) is 32.4 Å². The quantitative estimate of drug-likeness (QED) is 0.481. The smallest absolute Gasteiger partial charge is 0.471 e. The number of hydrogen-bond acceptors (Lipinski definition) is 7. The maximum Gasteiger partial charge on any atom is 0.471 e. The molecule has 0 spiro atoms. The highest BCUT2D eigenvalue weighted by atomic mass is 32.2. The van der Waals surface area contributed by atoms with Gasteiger partial charge in [0.25, 0.3) is 0 Å². The van der Waals surface area contributed by atoms with E-state index in [1.165, 1.54) is 0 Å². The molecule has 0 N–H and O–H groups in total. The van der Waals surface area contributed by atoms with Crippen LogP contribution in [0.1, 0.15) is 34.9 Å². The van der Waals surface area contributed by atoms with Gasteiger partial charge in [-0.2, -0.15) is 18.2 Å². The Balaban J connectivity index is 1.60. The fourth-order valence-electron chi connectivity index (χ4n) is 2.93. The summed E-state index contributed by atoms with van der Waals surface area (Å²) in [4.78, 5) is 3.41. The van der Waals surface area contributed by atoms with Crippen LogP contribution < -0.4 is 4.74 Å². The Morgan fingerprint density at radius 1 is 1.10 bits per heavy atom. The topological polar surface area (TPSA) is 91.2 Å². The van der Waals surface area contributed by atoms with Gasteiger partial charge < -0.3 is 13.8 Å². The van der Waals surface area contributed by atoms with Crippen molar-refractivity contribution in [1.29, 1.82) is 0 Å². The van der Waals surface area contributed by atoms with E-state index < -0.39 is 22.9 Å². The molecule has 0 radical (unpaired) electrons. The molecule has 0 aliphatic heterocycles. The lowest BCUT2D eigenvalue weighted by Crippen LogP contribution is -2.05. The van der Waals surface area contributed by atoms with Gasteiger partial charge in [-0.05, 0) is 43.5 Å². The molecule has 0 saturated carbocycles. The first-order valence-electron chi connectivity index (χ1n) is 9.03. The molecule has 3 aromatic rings. The molecule has 7 nitrogen and oxygen atoms in total. The molecule has 2 aromatic heterocycles. The van der Waals surface area contributed by atoms with E-state index in [1.807, 2.05) is 0 Å². The summed E-state index contributed by atoms with van der Waals surface area (Å²) in [5.74, 6) is 0.191. The average molecular weight is 443 g/mol. The molecular weight excluding hydrogens is 423 g/mol. The molecule has 0 amide bonds. The number of benzene rings is 1. The van der Waals surface area contributed by atoms with Gasteiger partial charge >= 0.3 is 12.1 Å². The monoisotopic (exact) mass is 443 g/mol. The molecule has 2 heterocycles. The molecule has 0 fully saturated rings. The molecule has 0 bridgehead atoms. The lowest BCUT2D eigenvalue weighted by molar-refractivity contribution is -0.159. The number of hydrogen-bond donors (Lipinski definition) is 0. The van der Waals surface area contributed by atoms with Crippen molar-refractivity contribution >= 4 is 10.8 Å². The molecule has 1 aromatic carbocycles. The number of aryl methyl sites for hydroxylation is 3. The second kappa shape index (κ2) is 8.99. The van der Waals surface area contributed by atoms with Crippen molar-refractivity contribution in [3.8, 4) is 17.1 Å². The molecule has 1 atom stereocenters. The van der Waals surface area contributed by atoms with Crippen LogP contribution in [0.25, 0.3) is 11.4 Å². The molecule has 162 valence electrons. The Morgan fingerprint density at radius 3 is 2.40 bits per heavy atom. The molecule has 1 unspecified atom stereocenters. The van der Waals surface area contributed by atoms with E-state index in [0.717, 1.165) is 11.1 Å². The maximum absolute atomic E-state index is 12.7. The third kappa shape index (κ3) is 5.47. The average Bonchev–Trinajstić information content (AvgIpc) is 3.29. The Labute approximate surface area is 173 Å². The minimum atomic E-state index is -4.68. The SMILES string of the molecule is Cc1cc(-c2noc(C(F)(F)F)n2)cc(C)c1OCCCc1cc(CS(C)=O)no1. The predicted octanol–water partition coefficient (Wildman–Crippen LogP) is 4.25. The van der Waals surface area contributed by atoms with Gasteiger partial charge in [-0.3, -0.25) is 4.21 Å². The number of halogens is 3. The van der Waals surface area contributed by atoms with Crippen molar-refractivity contribution < 1.29 is 31.2 Å². The lowest BCUT2D eigenvalue weighted by atomic mass is 10.1. The Morgan fingerprint density at radius 2 is 1.80 bits per heavy atom. The maximum atomic E-state index is 12.7. The highest BCUT2D eigenvalue weighted by molar-refractivity contribution is 7.83. The molecule has 30 heavy (non-hydrogen) atoms. The number of aromatic nitrogens is 3. The van der Waals surface area contributed by atoms with Gasteiger partial charge in [0.05, 0.1) is 18.1 Å². The highest BCUT2D eigenvalue weighted by Gasteiger charge is 2.38. The normalized spacial score (nSPS) is 12.9. The summed E-state index contributed by atoms with van der Waals surface area (Å²) in [5.41, 5.74) is 2.56. The summed E-state index contributed by atoms with van der Waals surface area (Å²) in [5, 5.41) is 7.29. The molecule has 3 rings (SSSR count). The first-order chi connectivity index (χ1) is 14.1. The van der Waals surface area contributed by atoms with E-state index >= 15 is 0 Å². The van der Waals surface area contributed by atoms with Gasteiger partial charge in [0.1, 0.15) is 11.5 Å². The van der Waals surface area contributed by atoms with Crippen LogP contribution in [0.3, 0.4) is 0 Å². The summed E-state index contributed by atoms with van der Waals surface area (Å²) in [7, 11) is -0.978. The third-order valence-electron chi connectivity index (χ3n) is 4.16. The van der Waals surface area contributed by atoms with E-state index in [4.69, 9.17) is 9.26 Å². The van der Waals surface area contributed by atoms with Crippen molar-refractivity contribution in [3.05, 3.63) is 46.7 Å². The van der Waals surface area contributed by atoms with Crippen LogP contribution in [0, 0.1) is 13.8 Å². The first-order valence-corrected chi connectivity index (χ1v) is 10.8. The second-order valence-electron chi connectivity index (χ2n) is 6.81. The zero-order valence-corrected chi connectivity index (χ0v) is 17.4. The summed E-state index contributed by atoms with van der Waals surface area (Å²) in [6.07, 6.45) is -1.80. The fourth-order valence-corrected chi connectivity index (χ4v) is 3.49. The van der Waals surface area contributed by atoms with Crippen LogP contribution in [0.5, 0.6) is 5.75 Å². The van der Waals surface area contributed by atoms with Crippen molar-refractivity contribution in [2.24, 2.45) is 0 Å². The number of nitrogens with zero attached hydrogens (tertiary/aromatic N) is 3. The predicted molar refractivity (Wildman–Crippen MR) is 102 cm³/mol. The molecule has 11 heteroatoms. The lowest BCUT2D eigenvalue weighted by Gasteiger charge is -2.13. The largest absolute Gasteiger partial charge is 0.493 e. The van der Waals surface area contributed by atoms with Crippen LogP contribution in [0.2, 0.25) is 0 Å². The Kier molecular flexibility index (Phi) is 6.59. The molecule has 0 aliphatic carbocycles. The van der Waals surface area contributed by atoms with Gasteiger partial charge in [0.2, 0.25) is 5.82 Å². The zero-order valence-electron chi connectivity index (χ0n) is 16.6. The van der Waals surface area contributed by atoms with Gasteiger partial charge in [-0.1, -0.05) is 10.3 Å². The minimum Gasteiger partial charge on any atom is -0.493 e. The van der Waals surface area contributed by atoms with E-state index in [0.29, 0.717) is 48.0 Å². The van der Waals surface area contributed by atoms with E-state index in [-0.39, 0.29) is 5.82 Å². The van der Waals surface area contributed by atoms with E-state index in [2.05, 4.69) is 19.8 Å². The van der Waals surface area contributed by atoms with Crippen LogP contribution in [-0.2, 0) is 29.1 Å². The standard InChI is InChI=1S/C19H20F3N3O4S/c1-11-7-13(17-23-18(29-25-17)19(20,21)22)8-12(2)16(11)27-6-4-5-15-9-14(24-28-15)10-30(3)26/h7-9H,4-6,10H2,1-3H3. The summed E-state index contributed by atoms with van der Waals surface area (Å²) < 4.78 is 64.5. The highest BCUT2D eigenvalue weighted by Crippen LogP contribution is 2.32. The number of alkyl halides is 3. The number of ether oxygens (including phenoxy) is 1. The summed E-state index contributed by atoms with van der Waals surface area (Å²) in [6.45, 7) is 4.01. The van der Waals surface area contributed by atoms with Crippen LogP contribution in [0.15, 0.2) is 27.2 Å². The zero-order chi connectivity index (χ0) is 21.9. The van der Waals surface area contributed by atoms with E-state index in [9.17, 15) is 17.4 Å². The Bertz CT molecular complexity index is 1020. The number of rotatable bonds is 8. The van der Waals surface area contributed by atoms with Crippen molar-refractivity contribution in [2.45, 2.75) is 38.6 Å². The van der Waals surface area contributed by atoms with Gasteiger partial charge in [0.15, 0.2) is 0 Å². The third-order valence-corrected chi connectivity index (χ3v) is 4.86. The Hall–Kier alpha value is -2.69. The van der Waals surface area contributed by atoms with Crippen molar-refractivity contribution in [2.75, 3.05) is 12.9 Å². The summed E-state index contributed by atoms with van der Waals surface area (Å²) >= 11 is 0. The second-order valence-corrected chi connectivity index (χ2v) is 8.25.